The number of halogens is 1. The van der Waals surface area contributed by atoms with Crippen LogP contribution in [-0.4, -0.2) is 26.4 Å². The summed E-state index contributed by atoms with van der Waals surface area (Å²) in [6, 6.07) is 16.7. The van der Waals surface area contributed by atoms with Gasteiger partial charge < -0.3 is 10.6 Å². The van der Waals surface area contributed by atoms with Crippen molar-refractivity contribution in [2.75, 3.05) is 5.32 Å². The standard InChI is InChI=1S/C22H26N2O3S.ClH/c25-22(14-17-12-19-9-10-20(13-17)23-19)24-18-6-4-5-16(11-18)15-28(26,27)21-7-2-1-3-8-21;/h1-8,11,17,19-20,23H,9-10,12-15H2,(H,24,25);1H. The molecule has 2 N–H and O–H groups in total. The number of carbonyl (C=O) groups excluding carboxylic acids is 1. The van der Waals surface area contributed by atoms with Crippen LogP contribution in [0.5, 0.6) is 0 Å². The number of carbonyl (C=O) groups is 1. The molecule has 0 saturated carbocycles. The highest BCUT2D eigenvalue weighted by Crippen LogP contribution is 2.32. The normalized spacial score (nSPS) is 23.2. The first-order chi connectivity index (χ1) is 13.5. The number of anilines is 1. The van der Waals surface area contributed by atoms with Crippen molar-refractivity contribution in [3.8, 4) is 0 Å². The number of piperidine rings is 1. The summed E-state index contributed by atoms with van der Waals surface area (Å²) in [5.74, 6) is 0.355. The minimum atomic E-state index is -3.41. The SMILES string of the molecule is Cl.O=C(CC1CC2CCC(C1)N2)Nc1cccc(CS(=O)(=O)c2ccccc2)c1. The minimum absolute atomic E-state index is 0. The lowest BCUT2D eigenvalue weighted by molar-refractivity contribution is -0.117. The van der Waals surface area contributed by atoms with Gasteiger partial charge in [0.2, 0.25) is 5.91 Å². The van der Waals surface area contributed by atoms with E-state index >= 15 is 0 Å². The summed E-state index contributed by atoms with van der Waals surface area (Å²) in [6.07, 6.45) is 5.11. The number of benzene rings is 2. The molecule has 2 heterocycles. The Morgan fingerprint density at radius 2 is 1.69 bits per heavy atom. The summed E-state index contributed by atoms with van der Waals surface area (Å²) < 4.78 is 25.1. The lowest BCUT2D eigenvalue weighted by Crippen LogP contribution is -2.39. The highest BCUT2D eigenvalue weighted by atomic mass is 35.5. The van der Waals surface area contributed by atoms with Gasteiger partial charge in [0.05, 0.1) is 10.6 Å². The van der Waals surface area contributed by atoms with E-state index in [9.17, 15) is 13.2 Å². The molecule has 5 nitrogen and oxygen atoms in total. The molecule has 1 amide bonds. The molecule has 7 heteroatoms. The second kappa shape index (κ2) is 9.28. The summed E-state index contributed by atoms with van der Waals surface area (Å²) in [5, 5.41) is 6.55. The van der Waals surface area contributed by atoms with Crippen molar-refractivity contribution in [1.29, 1.82) is 0 Å². The summed E-state index contributed by atoms with van der Waals surface area (Å²) >= 11 is 0. The number of hydrogen-bond acceptors (Lipinski definition) is 4. The van der Waals surface area contributed by atoms with Crippen LogP contribution >= 0.6 is 12.4 Å². The molecule has 0 spiro atoms. The van der Waals surface area contributed by atoms with Gasteiger partial charge in [0.1, 0.15) is 0 Å². The second-order valence-electron chi connectivity index (χ2n) is 8.00. The largest absolute Gasteiger partial charge is 0.326 e. The van der Waals surface area contributed by atoms with Gasteiger partial charge in [0, 0.05) is 24.2 Å². The second-order valence-corrected chi connectivity index (χ2v) is 9.99. The van der Waals surface area contributed by atoms with Gasteiger partial charge in [-0.25, -0.2) is 8.42 Å². The van der Waals surface area contributed by atoms with Crippen molar-refractivity contribution in [3.63, 3.8) is 0 Å². The summed E-state index contributed by atoms with van der Waals surface area (Å²) in [4.78, 5) is 12.8. The quantitative estimate of drug-likeness (QED) is 0.722. The molecule has 2 bridgehead atoms. The molecule has 2 aliphatic heterocycles. The lowest BCUT2D eigenvalue weighted by atomic mass is 9.89. The molecule has 2 aromatic rings. The van der Waals surface area contributed by atoms with E-state index in [-0.39, 0.29) is 24.1 Å². The fourth-order valence-corrected chi connectivity index (χ4v) is 5.84. The van der Waals surface area contributed by atoms with Gasteiger partial charge in [0.25, 0.3) is 0 Å². The van der Waals surface area contributed by atoms with Crippen LogP contribution in [0, 0.1) is 5.92 Å². The smallest absolute Gasteiger partial charge is 0.224 e. The van der Waals surface area contributed by atoms with E-state index in [1.165, 1.54) is 12.8 Å². The molecule has 2 unspecified atom stereocenters. The van der Waals surface area contributed by atoms with Crippen molar-refractivity contribution < 1.29 is 13.2 Å². The van der Waals surface area contributed by atoms with Crippen LogP contribution in [0.4, 0.5) is 5.69 Å². The lowest BCUT2D eigenvalue weighted by Gasteiger charge is -2.28. The van der Waals surface area contributed by atoms with Gasteiger partial charge in [-0.1, -0.05) is 30.3 Å². The van der Waals surface area contributed by atoms with Crippen LogP contribution in [-0.2, 0) is 20.4 Å². The topological polar surface area (TPSA) is 75.3 Å². The number of nitrogens with one attached hydrogen (secondary N) is 2. The van der Waals surface area contributed by atoms with E-state index in [0.29, 0.717) is 40.6 Å². The first-order valence-electron chi connectivity index (χ1n) is 9.90. The Bertz CT molecular complexity index is 938. The molecule has 2 aromatic carbocycles. The summed E-state index contributed by atoms with van der Waals surface area (Å²) in [7, 11) is -3.41. The molecular weight excluding hydrogens is 408 g/mol. The van der Waals surface area contributed by atoms with E-state index in [1.54, 1.807) is 48.5 Å². The summed E-state index contributed by atoms with van der Waals surface area (Å²) in [6.45, 7) is 0. The Labute approximate surface area is 178 Å². The third-order valence-corrected chi connectivity index (χ3v) is 7.42. The van der Waals surface area contributed by atoms with Crippen LogP contribution in [0.25, 0.3) is 0 Å². The van der Waals surface area contributed by atoms with Crippen molar-refractivity contribution in [1.82, 2.24) is 5.32 Å². The Morgan fingerprint density at radius 1 is 1.00 bits per heavy atom. The predicted octanol–water partition coefficient (Wildman–Crippen LogP) is 3.94. The zero-order valence-electron chi connectivity index (χ0n) is 16.2. The van der Waals surface area contributed by atoms with Gasteiger partial charge in [-0.05, 0) is 61.4 Å². The first-order valence-corrected chi connectivity index (χ1v) is 11.6. The molecule has 2 saturated heterocycles. The number of amides is 1. The number of rotatable bonds is 6. The molecule has 0 radical (unpaired) electrons. The van der Waals surface area contributed by atoms with Crippen LogP contribution in [0.3, 0.4) is 0 Å². The van der Waals surface area contributed by atoms with E-state index in [0.717, 1.165) is 12.8 Å². The molecule has 2 fully saturated rings. The predicted molar refractivity (Wildman–Crippen MR) is 117 cm³/mol. The van der Waals surface area contributed by atoms with Crippen LogP contribution in [0.2, 0.25) is 0 Å². The maximum Gasteiger partial charge on any atom is 0.224 e. The third kappa shape index (κ3) is 5.59. The molecule has 0 aromatic heterocycles. The van der Waals surface area contributed by atoms with Crippen LogP contribution < -0.4 is 10.6 Å². The number of fused-ring (bicyclic) bond motifs is 2. The Kier molecular flexibility index (Phi) is 6.98. The van der Waals surface area contributed by atoms with Crippen LogP contribution in [0.1, 0.15) is 37.7 Å². The van der Waals surface area contributed by atoms with E-state index in [1.807, 2.05) is 6.07 Å². The Hall–Kier alpha value is -1.89. The molecule has 4 rings (SSSR count). The molecular formula is C22H27ClN2O3S. The molecule has 29 heavy (non-hydrogen) atoms. The maximum absolute atomic E-state index is 12.6. The van der Waals surface area contributed by atoms with Crippen molar-refractivity contribution >= 4 is 33.8 Å². The third-order valence-electron chi connectivity index (χ3n) is 5.71. The number of hydrogen-bond donors (Lipinski definition) is 2. The molecule has 156 valence electrons. The zero-order chi connectivity index (χ0) is 19.6. The highest BCUT2D eigenvalue weighted by molar-refractivity contribution is 7.90. The first kappa shape index (κ1) is 21.8. The van der Waals surface area contributed by atoms with Gasteiger partial charge in [-0.15, -0.1) is 12.4 Å². The van der Waals surface area contributed by atoms with E-state index < -0.39 is 9.84 Å². The van der Waals surface area contributed by atoms with Crippen molar-refractivity contribution in [2.45, 2.75) is 54.8 Å². The van der Waals surface area contributed by atoms with Crippen molar-refractivity contribution in [3.05, 3.63) is 60.2 Å². The number of sulfone groups is 1. The molecule has 2 atom stereocenters. The zero-order valence-corrected chi connectivity index (χ0v) is 17.8. The van der Waals surface area contributed by atoms with Gasteiger partial charge in [-0.2, -0.15) is 0 Å². The average Bonchev–Trinajstić information content (AvgIpc) is 3.00. The fourth-order valence-electron chi connectivity index (χ4n) is 4.49. The highest BCUT2D eigenvalue weighted by Gasteiger charge is 2.34. The Morgan fingerprint density at radius 3 is 2.38 bits per heavy atom. The molecule has 2 aliphatic rings. The van der Waals surface area contributed by atoms with Crippen molar-refractivity contribution in [2.24, 2.45) is 5.92 Å². The van der Waals surface area contributed by atoms with E-state index in [2.05, 4.69) is 10.6 Å². The maximum atomic E-state index is 12.6. The van der Waals surface area contributed by atoms with E-state index in [4.69, 9.17) is 0 Å². The summed E-state index contributed by atoms with van der Waals surface area (Å²) in [5.41, 5.74) is 1.32. The fraction of sp³-hybridized carbons (Fsp3) is 0.409. The van der Waals surface area contributed by atoms with Crippen LogP contribution in [0.15, 0.2) is 59.5 Å². The molecule has 0 aliphatic carbocycles. The Balaban J connectivity index is 0.00000240. The monoisotopic (exact) mass is 434 g/mol. The average molecular weight is 435 g/mol. The van der Waals surface area contributed by atoms with Gasteiger partial charge in [-0.3, -0.25) is 4.79 Å². The van der Waals surface area contributed by atoms with Gasteiger partial charge >= 0.3 is 0 Å². The minimum Gasteiger partial charge on any atom is -0.326 e. The van der Waals surface area contributed by atoms with Gasteiger partial charge in [0.15, 0.2) is 9.84 Å².